The number of carbonyl (C=O) groups is 1. The van der Waals surface area contributed by atoms with Gasteiger partial charge in [0.15, 0.2) is 5.65 Å². The molecule has 5 aromatic rings. The molecule has 2 aromatic carbocycles. The molecule has 0 radical (unpaired) electrons. The standard InChI is InChI=1S/C27H28N6O3/c1-17-5-6-18(2)21(13-17)22-15-23-27-30-29-25(32(27)11-12-33(23)31-22)9-10-26(34)28-16-19-7-8-20(35-3)14-24(19)36-4/h5-8,11-15H,9-10,16H2,1-4H3,(H,28,34). The van der Waals surface area contributed by atoms with Crippen LogP contribution in [-0.4, -0.2) is 44.3 Å². The molecular formula is C27H28N6O3. The summed E-state index contributed by atoms with van der Waals surface area (Å²) >= 11 is 0. The van der Waals surface area contributed by atoms with Crippen molar-refractivity contribution in [3.63, 3.8) is 0 Å². The van der Waals surface area contributed by atoms with E-state index in [1.165, 1.54) is 11.1 Å². The molecule has 1 amide bonds. The number of rotatable bonds is 8. The van der Waals surface area contributed by atoms with Crippen LogP contribution in [-0.2, 0) is 17.8 Å². The Balaban J connectivity index is 1.30. The molecule has 0 saturated carbocycles. The average Bonchev–Trinajstić information content (AvgIpc) is 3.51. The van der Waals surface area contributed by atoms with E-state index in [1.807, 2.05) is 39.5 Å². The third-order valence-corrected chi connectivity index (χ3v) is 6.30. The van der Waals surface area contributed by atoms with Gasteiger partial charge in [0.25, 0.3) is 0 Å². The van der Waals surface area contributed by atoms with Crippen molar-refractivity contribution in [2.45, 2.75) is 33.2 Å². The number of nitrogens with zero attached hydrogens (tertiary/aromatic N) is 5. The van der Waals surface area contributed by atoms with Crippen molar-refractivity contribution >= 4 is 17.1 Å². The molecule has 1 N–H and O–H groups in total. The Kier molecular flexibility index (Phi) is 6.28. The smallest absolute Gasteiger partial charge is 0.220 e. The summed E-state index contributed by atoms with van der Waals surface area (Å²) in [6.45, 7) is 4.52. The number of benzene rings is 2. The van der Waals surface area contributed by atoms with Crippen LogP contribution in [0.25, 0.3) is 22.4 Å². The summed E-state index contributed by atoms with van der Waals surface area (Å²) in [7, 11) is 3.20. The van der Waals surface area contributed by atoms with Gasteiger partial charge in [-0.15, -0.1) is 10.2 Å². The number of methoxy groups -OCH3 is 2. The largest absolute Gasteiger partial charge is 0.497 e. The fraction of sp³-hybridized carbons (Fsp3) is 0.259. The highest BCUT2D eigenvalue weighted by Crippen LogP contribution is 2.26. The monoisotopic (exact) mass is 484 g/mol. The number of ether oxygens (including phenoxy) is 2. The summed E-state index contributed by atoms with van der Waals surface area (Å²) in [5.41, 5.74) is 6.79. The third-order valence-electron chi connectivity index (χ3n) is 6.30. The van der Waals surface area contributed by atoms with Gasteiger partial charge >= 0.3 is 0 Å². The lowest BCUT2D eigenvalue weighted by atomic mass is 10.0. The minimum Gasteiger partial charge on any atom is -0.497 e. The number of hydrogen-bond donors (Lipinski definition) is 1. The number of aryl methyl sites for hydroxylation is 3. The van der Waals surface area contributed by atoms with Crippen LogP contribution in [0.5, 0.6) is 11.5 Å². The third kappa shape index (κ3) is 4.47. The number of hydrogen-bond acceptors (Lipinski definition) is 6. The van der Waals surface area contributed by atoms with Gasteiger partial charge in [0.05, 0.1) is 19.9 Å². The quantitative estimate of drug-likeness (QED) is 0.359. The van der Waals surface area contributed by atoms with E-state index in [-0.39, 0.29) is 12.3 Å². The first kappa shape index (κ1) is 23.3. The van der Waals surface area contributed by atoms with E-state index >= 15 is 0 Å². The van der Waals surface area contributed by atoms with E-state index in [9.17, 15) is 4.79 Å². The van der Waals surface area contributed by atoms with Crippen LogP contribution in [0, 0.1) is 13.8 Å². The fourth-order valence-electron chi connectivity index (χ4n) is 4.28. The molecule has 0 saturated heterocycles. The lowest BCUT2D eigenvalue weighted by Crippen LogP contribution is -2.23. The number of carbonyl (C=O) groups excluding carboxylic acids is 1. The van der Waals surface area contributed by atoms with E-state index in [1.54, 1.807) is 20.3 Å². The molecule has 3 aromatic heterocycles. The van der Waals surface area contributed by atoms with Gasteiger partial charge in [-0.25, -0.2) is 4.52 Å². The van der Waals surface area contributed by atoms with Gasteiger partial charge in [0.2, 0.25) is 5.91 Å². The van der Waals surface area contributed by atoms with Gasteiger partial charge in [-0.3, -0.25) is 9.20 Å². The van der Waals surface area contributed by atoms with Crippen molar-refractivity contribution in [3.05, 3.63) is 77.4 Å². The van der Waals surface area contributed by atoms with Crippen molar-refractivity contribution < 1.29 is 14.3 Å². The molecule has 184 valence electrons. The summed E-state index contributed by atoms with van der Waals surface area (Å²) in [4.78, 5) is 12.6. The van der Waals surface area contributed by atoms with Crippen molar-refractivity contribution in [2.75, 3.05) is 14.2 Å². The molecule has 3 heterocycles. The predicted molar refractivity (Wildman–Crippen MR) is 136 cm³/mol. The first-order valence-corrected chi connectivity index (χ1v) is 11.7. The Morgan fingerprint density at radius 3 is 2.67 bits per heavy atom. The second-order valence-electron chi connectivity index (χ2n) is 8.74. The minimum atomic E-state index is -0.0766. The van der Waals surface area contributed by atoms with Crippen molar-refractivity contribution in [1.29, 1.82) is 0 Å². The molecule has 0 spiro atoms. The van der Waals surface area contributed by atoms with Crippen LogP contribution in [0.4, 0.5) is 0 Å². The Labute approximate surface area is 208 Å². The van der Waals surface area contributed by atoms with Crippen LogP contribution in [0.1, 0.15) is 28.9 Å². The molecule has 0 aliphatic heterocycles. The maximum atomic E-state index is 12.6. The van der Waals surface area contributed by atoms with Crippen molar-refractivity contribution in [2.24, 2.45) is 0 Å². The fourth-order valence-corrected chi connectivity index (χ4v) is 4.28. The summed E-state index contributed by atoms with van der Waals surface area (Å²) in [5, 5.41) is 16.5. The van der Waals surface area contributed by atoms with Crippen LogP contribution in [0.3, 0.4) is 0 Å². The molecular weight excluding hydrogens is 456 g/mol. The Morgan fingerprint density at radius 2 is 1.86 bits per heavy atom. The second-order valence-corrected chi connectivity index (χ2v) is 8.74. The molecule has 0 bridgehead atoms. The lowest BCUT2D eigenvalue weighted by Gasteiger charge is -2.11. The zero-order valence-electron chi connectivity index (χ0n) is 20.8. The van der Waals surface area contributed by atoms with Gasteiger partial charge in [-0.2, -0.15) is 5.10 Å². The van der Waals surface area contributed by atoms with Gasteiger partial charge in [-0.05, 0) is 43.7 Å². The maximum absolute atomic E-state index is 12.6. The lowest BCUT2D eigenvalue weighted by molar-refractivity contribution is -0.121. The molecule has 0 atom stereocenters. The molecule has 0 aliphatic carbocycles. The number of nitrogens with one attached hydrogen (secondary N) is 1. The predicted octanol–water partition coefficient (Wildman–Crippen LogP) is 3.93. The normalized spacial score (nSPS) is 11.2. The van der Waals surface area contributed by atoms with Crippen LogP contribution < -0.4 is 14.8 Å². The molecule has 9 nitrogen and oxygen atoms in total. The minimum absolute atomic E-state index is 0.0766. The molecule has 0 aliphatic rings. The van der Waals surface area contributed by atoms with Gasteiger partial charge in [0.1, 0.15) is 22.8 Å². The van der Waals surface area contributed by atoms with Crippen molar-refractivity contribution in [1.82, 2.24) is 29.5 Å². The van der Waals surface area contributed by atoms with Gasteiger partial charge < -0.3 is 14.8 Å². The molecule has 0 fully saturated rings. The van der Waals surface area contributed by atoms with E-state index in [0.29, 0.717) is 30.1 Å². The summed E-state index contributed by atoms with van der Waals surface area (Å²) in [6, 6.07) is 13.9. The first-order chi connectivity index (χ1) is 17.5. The number of aromatic nitrogens is 5. The van der Waals surface area contributed by atoms with Crippen LogP contribution in [0.15, 0.2) is 54.9 Å². The number of fused-ring (bicyclic) bond motifs is 3. The zero-order chi connectivity index (χ0) is 25.2. The van der Waals surface area contributed by atoms with Gasteiger partial charge in [0, 0.05) is 49.0 Å². The molecule has 0 unspecified atom stereocenters. The highest BCUT2D eigenvalue weighted by atomic mass is 16.5. The second kappa shape index (κ2) is 9.69. The van der Waals surface area contributed by atoms with E-state index in [0.717, 1.165) is 28.2 Å². The maximum Gasteiger partial charge on any atom is 0.220 e. The SMILES string of the molecule is COc1ccc(CNC(=O)CCc2nnc3c4cc(-c5cc(C)ccc5C)nn4ccn23)c(OC)c1. The first-order valence-electron chi connectivity index (χ1n) is 11.7. The molecule has 5 rings (SSSR count). The zero-order valence-corrected chi connectivity index (χ0v) is 20.8. The van der Waals surface area contributed by atoms with Crippen LogP contribution >= 0.6 is 0 Å². The average molecular weight is 485 g/mol. The van der Waals surface area contributed by atoms with Crippen LogP contribution in [0.2, 0.25) is 0 Å². The summed E-state index contributed by atoms with van der Waals surface area (Å²) in [5.74, 6) is 2.02. The highest BCUT2D eigenvalue weighted by molar-refractivity contribution is 5.78. The Bertz CT molecular complexity index is 1570. The molecule has 36 heavy (non-hydrogen) atoms. The Morgan fingerprint density at radius 1 is 1.00 bits per heavy atom. The van der Waals surface area contributed by atoms with E-state index in [2.05, 4.69) is 47.6 Å². The van der Waals surface area contributed by atoms with E-state index < -0.39 is 0 Å². The number of amides is 1. The Hall–Kier alpha value is -4.40. The van der Waals surface area contributed by atoms with Gasteiger partial charge in [-0.1, -0.05) is 17.7 Å². The van der Waals surface area contributed by atoms with E-state index in [4.69, 9.17) is 14.6 Å². The summed E-state index contributed by atoms with van der Waals surface area (Å²) < 4.78 is 14.4. The molecule has 9 heteroatoms. The highest BCUT2D eigenvalue weighted by Gasteiger charge is 2.15. The topological polar surface area (TPSA) is 95.0 Å². The summed E-state index contributed by atoms with van der Waals surface area (Å²) in [6.07, 6.45) is 4.52. The van der Waals surface area contributed by atoms with Crippen molar-refractivity contribution in [3.8, 4) is 22.8 Å².